The lowest BCUT2D eigenvalue weighted by atomic mass is 10.0. The zero-order chi connectivity index (χ0) is 15.0. The molecule has 112 valence electrons. The predicted molar refractivity (Wildman–Crippen MR) is 81.6 cm³/mol. The molecule has 0 radical (unpaired) electrons. The van der Waals surface area contributed by atoms with E-state index >= 15 is 0 Å². The van der Waals surface area contributed by atoms with Crippen LogP contribution in [0.3, 0.4) is 0 Å². The molecule has 1 aromatic rings. The molecule has 0 fully saturated rings. The Labute approximate surface area is 121 Å². The molecule has 1 amide bonds. The molecule has 1 aromatic carbocycles. The number of aliphatic hydroxyl groups excluding tert-OH is 1. The van der Waals surface area contributed by atoms with E-state index in [0.717, 1.165) is 24.8 Å². The second-order valence-electron chi connectivity index (χ2n) is 5.35. The van der Waals surface area contributed by atoms with Crippen LogP contribution in [0.25, 0.3) is 0 Å². The van der Waals surface area contributed by atoms with Crippen molar-refractivity contribution in [2.24, 2.45) is 0 Å². The standard InChI is InChI=1S/C16H26N2O2/c1-13-7-9-14(10-8-13)15(18(2)3)16(20)17-11-5-4-6-12-19/h7-10,15,19H,4-6,11-12H2,1-3H3,(H,17,20). The molecule has 0 spiro atoms. The molecule has 0 bridgehead atoms. The average Bonchev–Trinajstić information content (AvgIpc) is 2.40. The molecule has 0 aliphatic rings. The number of carbonyl (C=O) groups excluding carboxylic acids is 1. The number of unbranched alkanes of at least 4 members (excludes halogenated alkanes) is 2. The molecule has 0 heterocycles. The monoisotopic (exact) mass is 278 g/mol. The average molecular weight is 278 g/mol. The summed E-state index contributed by atoms with van der Waals surface area (Å²) in [5, 5.41) is 11.7. The highest BCUT2D eigenvalue weighted by molar-refractivity contribution is 5.83. The Hall–Kier alpha value is -1.39. The molecule has 20 heavy (non-hydrogen) atoms. The van der Waals surface area contributed by atoms with Crippen LogP contribution >= 0.6 is 0 Å². The summed E-state index contributed by atoms with van der Waals surface area (Å²) in [6.45, 7) is 2.92. The van der Waals surface area contributed by atoms with Gasteiger partial charge in [0.2, 0.25) is 5.91 Å². The van der Waals surface area contributed by atoms with Crippen molar-refractivity contribution in [3.05, 3.63) is 35.4 Å². The minimum Gasteiger partial charge on any atom is -0.396 e. The fourth-order valence-electron chi connectivity index (χ4n) is 2.15. The Balaban J connectivity index is 2.57. The van der Waals surface area contributed by atoms with E-state index in [1.165, 1.54) is 5.56 Å². The molecule has 2 N–H and O–H groups in total. The van der Waals surface area contributed by atoms with Gasteiger partial charge >= 0.3 is 0 Å². The Bertz CT molecular complexity index is 401. The SMILES string of the molecule is Cc1ccc(C(C(=O)NCCCCCO)N(C)C)cc1. The van der Waals surface area contributed by atoms with Crippen molar-refractivity contribution < 1.29 is 9.90 Å². The van der Waals surface area contributed by atoms with Crippen LogP contribution in [0, 0.1) is 6.92 Å². The van der Waals surface area contributed by atoms with Crippen molar-refractivity contribution in [3.8, 4) is 0 Å². The number of nitrogens with zero attached hydrogens (tertiary/aromatic N) is 1. The van der Waals surface area contributed by atoms with Crippen LogP contribution in [-0.2, 0) is 4.79 Å². The quantitative estimate of drug-likeness (QED) is 0.714. The Morgan fingerprint density at radius 1 is 1.20 bits per heavy atom. The molecular weight excluding hydrogens is 252 g/mol. The highest BCUT2D eigenvalue weighted by Gasteiger charge is 2.22. The van der Waals surface area contributed by atoms with E-state index < -0.39 is 0 Å². The maximum absolute atomic E-state index is 12.3. The molecule has 1 unspecified atom stereocenters. The summed E-state index contributed by atoms with van der Waals surface area (Å²) in [7, 11) is 3.83. The van der Waals surface area contributed by atoms with Gasteiger partial charge in [-0.1, -0.05) is 29.8 Å². The van der Waals surface area contributed by atoms with Crippen LogP contribution in [0.4, 0.5) is 0 Å². The zero-order valence-corrected chi connectivity index (χ0v) is 12.7. The molecule has 0 saturated carbocycles. The van der Waals surface area contributed by atoms with Crippen molar-refractivity contribution in [2.75, 3.05) is 27.2 Å². The van der Waals surface area contributed by atoms with E-state index in [2.05, 4.69) is 5.32 Å². The molecule has 0 aliphatic heterocycles. The van der Waals surface area contributed by atoms with Crippen LogP contribution in [0.5, 0.6) is 0 Å². The third kappa shape index (κ3) is 5.31. The van der Waals surface area contributed by atoms with Gasteiger partial charge in [-0.25, -0.2) is 0 Å². The summed E-state index contributed by atoms with van der Waals surface area (Å²) in [6, 6.07) is 7.81. The molecule has 1 rings (SSSR count). The summed E-state index contributed by atoms with van der Waals surface area (Å²) in [6.07, 6.45) is 2.64. The normalized spacial score (nSPS) is 12.4. The number of benzene rings is 1. The first-order chi connectivity index (χ1) is 9.56. The first kappa shape index (κ1) is 16.7. The number of likely N-dealkylation sites (N-methyl/N-ethyl adjacent to an activating group) is 1. The second kappa shape index (κ2) is 8.72. The first-order valence-corrected chi connectivity index (χ1v) is 7.18. The van der Waals surface area contributed by atoms with E-state index in [4.69, 9.17) is 5.11 Å². The van der Waals surface area contributed by atoms with Crippen molar-refractivity contribution >= 4 is 5.91 Å². The van der Waals surface area contributed by atoms with Gasteiger partial charge in [0.1, 0.15) is 6.04 Å². The number of carbonyl (C=O) groups is 1. The number of hydrogen-bond acceptors (Lipinski definition) is 3. The van der Waals surface area contributed by atoms with Gasteiger partial charge in [0.15, 0.2) is 0 Å². The predicted octanol–water partition coefficient (Wildman–Crippen LogP) is 1.88. The smallest absolute Gasteiger partial charge is 0.241 e. The molecular formula is C16H26N2O2. The van der Waals surface area contributed by atoms with Crippen molar-refractivity contribution in [1.82, 2.24) is 10.2 Å². The van der Waals surface area contributed by atoms with Gasteiger partial charge in [-0.3, -0.25) is 9.69 Å². The molecule has 4 nitrogen and oxygen atoms in total. The number of rotatable bonds is 8. The highest BCUT2D eigenvalue weighted by atomic mass is 16.2. The van der Waals surface area contributed by atoms with Gasteiger partial charge in [0.05, 0.1) is 0 Å². The van der Waals surface area contributed by atoms with Crippen molar-refractivity contribution in [3.63, 3.8) is 0 Å². The van der Waals surface area contributed by atoms with Gasteiger partial charge in [0.25, 0.3) is 0 Å². The Kier molecular flexibility index (Phi) is 7.26. The minimum absolute atomic E-state index is 0.0304. The van der Waals surface area contributed by atoms with E-state index in [1.54, 1.807) is 0 Å². The Morgan fingerprint density at radius 2 is 1.85 bits per heavy atom. The van der Waals surface area contributed by atoms with Gasteiger partial charge < -0.3 is 10.4 Å². The molecule has 0 saturated heterocycles. The van der Waals surface area contributed by atoms with Gasteiger partial charge in [-0.2, -0.15) is 0 Å². The minimum atomic E-state index is -0.256. The summed E-state index contributed by atoms with van der Waals surface area (Å²) in [4.78, 5) is 14.2. The van der Waals surface area contributed by atoms with Crippen molar-refractivity contribution in [1.29, 1.82) is 0 Å². The number of hydrogen-bond donors (Lipinski definition) is 2. The first-order valence-electron chi connectivity index (χ1n) is 7.18. The molecule has 0 aromatic heterocycles. The molecule has 0 aliphatic carbocycles. The summed E-state index contributed by atoms with van der Waals surface area (Å²) >= 11 is 0. The molecule has 4 heteroatoms. The van der Waals surface area contributed by atoms with Crippen LogP contribution in [0.15, 0.2) is 24.3 Å². The second-order valence-corrected chi connectivity index (χ2v) is 5.35. The van der Waals surface area contributed by atoms with E-state index in [1.807, 2.05) is 50.2 Å². The molecule has 1 atom stereocenters. The van der Waals surface area contributed by atoms with Gasteiger partial charge in [0, 0.05) is 13.2 Å². The fraction of sp³-hybridized carbons (Fsp3) is 0.562. The lowest BCUT2D eigenvalue weighted by Gasteiger charge is -2.24. The summed E-state index contributed by atoms with van der Waals surface area (Å²) in [5.41, 5.74) is 2.20. The fourth-order valence-corrected chi connectivity index (χ4v) is 2.15. The van der Waals surface area contributed by atoms with Crippen LogP contribution in [-0.4, -0.2) is 43.2 Å². The Morgan fingerprint density at radius 3 is 2.40 bits per heavy atom. The maximum Gasteiger partial charge on any atom is 0.241 e. The topological polar surface area (TPSA) is 52.6 Å². The maximum atomic E-state index is 12.3. The lowest BCUT2D eigenvalue weighted by Crippen LogP contribution is -2.37. The van der Waals surface area contributed by atoms with Gasteiger partial charge in [-0.15, -0.1) is 0 Å². The number of aryl methyl sites for hydroxylation is 1. The highest BCUT2D eigenvalue weighted by Crippen LogP contribution is 2.18. The summed E-state index contributed by atoms with van der Waals surface area (Å²) < 4.78 is 0. The number of amides is 1. The van der Waals surface area contributed by atoms with Crippen LogP contribution in [0.2, 0.25) is 0 Å². The third-order valence-corrected chi connectivity index (χ3v) is 3.29. The van der Waals surface area contributed by atoms with Crippen LogP contribution in [0.1, 0.15) is 36.4 Å². The zero-order valence-electron chi connectivity index (χ0n) is 12.7. The van der Waals surface area contributed by atoms with Crippen LogP contribution < -0.4 is 5.32 Å². The number of aliphatic hydroxyl groups is 1. The lowest BCUT2D eigenvalue weighted by molar-refractivity contribution is -0.125. The van der Waals surface area contributed by atoms with E-state index in [-0.39, 0.29) is 18.6 Å². The van der Waals surface area contributed by atoms with Crippen molar-refractivity contribution in [2.45, 2.75) is 32.2 Å². The number of nitrogens with one attached hydrogen (secondary N) is 1. The van der Waals surface area contributed by atoms with E-state index in [9.17, 15) is 4.79 Å². The van der Waals surface area contributed by atoms with Gasteiger partial charge in [-0.05, 0) is 45.8 Å². The van der Waals surface area contributed by atoms with E-state index in [0.29, 0.717) is 6.54 Å². The summed E-state index contributed by atoms with van der Waals surface area (Å²) in [5.74, 6) is 0.0304. The largest absolute Gasteiger partial charge is 0.396 e. The third-order valence-electron chi connectivity index (χ3n) is 3.29.